The maximum absolute atomic E-state index is 15.1. The van der Waals surface area contributed by atoms with E-state index in [1.165, 1.54) is 24.9 Å². The fraction of sp³-hybridized carbons (Fsp3) is 0.333. The van der Waals surface area contributed by atoms with Gasteiger partial charge in [-0.25, -0.2) is 8.78 Å². The molecule has 32 heavy (non-hydrogen) atoms. The number of carbonyl (C=O) groups is 1. The van der Waals surface area contributed by atoms with E-state index in [2.05, 4.69) is 4.99 Å². The number of benzene rings is 1. The fourth-order valence-electron chi connectivity index (χ4n) is 3.60. The Hall–Kier alpha value is -3.13. The van der Waals surface area contributed by atoms with Gasteiger partial charge in [0.05, 0.1) is 35.6 Å². The van der Waals surface area contributed by atoms with Crippen LogP contribution in [0.1, 0.15) is 38.3 Å². The summed E-state index contributed by atoms with van der Waals surface area (Å²) in [6.07, 6.45) is -3.41. The molecule has 0 spiro atoms. The number of aliphatic imine (C=N–C) groups is 1. The minimum Gasteiger partial charge on any atom is -0.302 e. The van der Waals surface area contributed by atoms with Crippen LogP contribution in [0.4, 0.5) is 27.6 Å². The monoisotopic (exact) mass is 468 g/mol. The number of hydrogen-bond donors (Lipinski definition) is 0. The molecule has 2 aliphatic heterocycles. The molecule has 2 aliphatic rings. The van der Waals surface area contributed by atoms with Crippen molar-refractivity contribution in [2.24, 2.45) is 4.99 Å². The zero-order valence-electron chi connectivity index (χ0n) is 17.2. The maximum atomic E-state index is 15.1. The SMILES string of the molecule is CC1=NC=C(N2C(=S)N(c3ccc(CC#N)c(C(F)(F)F)c3F)C(=O)C2(C)C)C=C(F)C1. The van der Waals surface area contributed by atoms with Crippen LogP contribution in [-0.2, 0) is 17.4 Å². The molecule has 0 aliphatic carbocycles. The van der Waals surface area contributed by atoms with Crippen molar-refractivity contribution in [1.29, 1.82) is 5.26 Å². The number of rotatable bonds is 3. The second kappa shape index (κ2) is 8.09. The molecule has 1 fully saturated rings. The number of carbonyl (C=O) groups excluding carboxylic acids is 1. The van der Waals surface area contributed by atoms with Crippen molar-refractivity contribution in [3.8, 4) is 6.07 Å². The molecule has 0 aromatic heterocycles. The smallest absolute Gasteiger partial charge is 0.302 e. The number of alkyl halides is 3. The van der Waals surface area contributed by atoms with E-state index in [0.717, 1.165) is 18.2 Å². The number of nitriles is 1. The topological polar surface area (TPSA) is 59.7 Å². The minimum absolute atomic E-state index is 0.0530. The van der Waals surface area contributed by atoms with E-state index in [9.17, 15) is 22.4 Å². The third-order valence-electron chi connectivity index (χ3n) is 5.07. The molecular weight excluding hydrogens is 451 g/mol. The zero-order chi connectivity index (χ0) is 24.0. The van der Waals surface area contributed by atoms with E-state index in [-0.39, 0.29) is 17.2 Å². The first-order valence-electron chi connectivity index (χ1n) is 9.34. The van der Waals surface area contributed by atoms with Crippen molar-refractivity contribution in [1.82, 2.24) is 4.90 Å². The lowest BCUT2D eigenvalue weighted by atomic mass is 10.0. The molecule has 1 amide bonds. The number of allylic oxidation sites excluding steroid dienone is 2. The average Bonchev–Trinajstić information content (AvgIpc) is 2.76. The summed E-state index contributed by atoms with van der Waals surface area (Å²) in [5, 5.41) is 8.46. The predicted molar refractivity (Wildman–Crippen MR) is 112 cm³/mol. The minimum atomic E-state index is -5.10. The second-order valence-corrected chi connectivity index (χ2v) is 8.13. The van der Waals surface area contributed by atoms with Crippen LogP contribution in [-0.4, -0.2) is 27.2 Å². The zero-order valence-corrected chi connectivity index (χ0v) is 18.0. The maximum Gasteiger partial charge on any atom is 0.419 e. The highest BCUT2D eigenvalue weighted by Crippen LogP contribution is 2.42. The Balaban J connectivity index is 2.17. The van der Waals surface area contributed by atoms with Crippen molar-refractivity contribution < 1.29 is 26.7 Å². The van der Waals surface area contributed by atoms with Gasteiger partial charge in [0.15, 0.2) is 10.9 Å². The van der Waals surface area contributed by atoms with Crippen molar-refractivity contribution in [2.45, 2.75) is 45.3 Å². The standard InChI is InChI=1S/C21H17F5N4OS/c1-11-8-13(22)9-14(10-28-11)30-19(32)29(18(31)20(30,2)3)15-5-4-12(6-7-27)16(17(15)23)21(24,25)26/h4-5,9-10H,6,8H2,1-3H3. The van der Waals surface area contributed by atoms with Crippen molar-refractivity contribution in [3.63, 3.8) is 0 Å². The van der Waals surface area contributed by atoms with Crippen LogP contribution in [0, 0.1) is 17.1 Å². The highest BCUT2D eigenvalue weighted by molar-refractivity contribution is 7.80. The summed E-state index contributed by atoms with van der Waals surface area (Å²) in [6.45, 7) is 4.47. The van der Waals surface area contributed by atoms with Crippen molar-refractivity contribution in [2.75, 3.05) is 4.90 Å². The van der Waals surface area contributed by atoms with Gasteiger partial charge in [0.2, 0.25) is 0 Å². The number of halogens is 5. The predicted octanol–water partition coefficient (Wildman–Crippen LogP) is 5.18. The van der Waals surface area contributed by atoms with E-state index < -0.39 is 52.5 Å². The van der Waals surface area contributed by atoms with Gasteiger partial charge in [-0.15, -0.1) is 0 Å². The number of anilines is 1. The normalized spacial score (nSPS) is 18.8. The van der Waals surface area contributed by atoms with Gasteiger partial charge < -0.3 is 4.90 Å². The highest BCUT2D eigenvalue weighted by atomic mass is 32.1. The molecule has 0 atom stereocenters. The fourth-order valence-corrected chi connectivity index (χ4v) is 4.11. The number of amides is 1. The van der Waals surface area contributed by atoms with Gasteiger partial charge in [0.25, 0.3) is 5.91 Å². The molecule has 1 aromatic carbocycles. The molecule has 1 saturated heterocycles. The number of thiocarbonyl (C=S) groups is 1. The molecule has 1 aromatic rings. The van der Waals surface area contributed by atoms with Gasteiger partial charge in [-0.3, -0.25) is 14.7 Å². The van der Waals surface area contributed by atoms with Crippen LogP contribution >= 0.6 is 12.2 Å². The summed E-state index contributed by atoms with van der Waals surface area (Å²) in [5.74, 6) is -3.07. The summed E-state index contributed by atoms with van der Waals surface area (Å²) in [6, 6.07) is 3.48. The number of nitrogens with zero attached hydrogens (tertiary/aromatic N) is 4. The van der Waals surface area contributed by atoms with Crippen LogP contribution in [0.15, 0.2) is 40.9 Å². The van der Waals surface area contributed by atoms with Gasteiger partial charge in [0.1, 0.15) is 11.4 Å². The first-order valence-corrected chi connectivity index (χ1v) is 9.75. The first-order chi connectivity index (χ1) is 14.8. The quantitative estimate of drug-likeness (QED) is 0.453. The molecule has 0 bridgehead atoms. The van der Waals surface area contributed by atoms with E-state index >= 15 is 4.39 Å². The Morgan fingerprint density at radius 3 is 2.53 bits per heavy atom. The van der Waals surface area contributed by atoms with Crippen LogP contribution in [0.5, 0.6) is 0 Å². The van der Waals surface area contributed by atoms with Crippen molar-refractivity contribution >= 4 is 34.6 Å². The summed E-state index contributed by atoms with van der Waals surface area (Å²) < 4.78 is 70.1. The van der Waals surface area contributed by atoms with E-state index in [1.807, 2.05) is 0 Å². The van der Waals surface area contributed by atoms with Crippen LogP contribution in [0.2, 0.25) is 0 Å². The largest absolute Gasteiger partial charge is 0.419 e. The molecule has 11 heteroatoms. The Bertz CT molecular complexity index is 1140. The summed E-state index contributed by atoms with van der Waals surface area (Å²) in [7, 11) is 0. The lowest BCUT2D eigenvalue weighted by molar-refractivity contribution is -0.140. The Kier molecular flexibility index (Phi) is 5.95. The summed E-state index contributed by atoms with van der Waals surface area (Å²) >= 11 is 5.33. The Labute approximate surface area is 186 Å². The second-order valence-electron chi connectivity index (χ2n) is 7.77. The first kappa shape index (κ1) is 23.5. The molecule has 0 saturated carbocycles. The van der Waals surface area contributed by atoms with Gasteiger partial charge >= 0.3 is 6.18 Å². The molecule has 2 heterocycles. The third kappa shape index (κ3) is 3.90. The van der Waals surface area contributed by atoms with Crippen molar-refractivity contribution in [3.05, 3.63) is 52.9 Å². The summed E-state index contributed by atoms with van der Waals surface area (Å²) in [4.78, 5) is 19.1. The van der Waals surface area contributed by atoms with Gasteiger partial charge in [-0.05, 0) is 50.7 Å². The van der Waals surface area contributed by atoms with E-state index in [4.69, 9.17) is 17.5 Å². The highest BCUT2D eigenvalue weighted by Gasteiger charge is 2.52. The van der Waals surface area contributed by atoms with Gasteiger partial charge in [0, 0.05) is 12.1 Å². The van der Waals surface area contributed by atoms with Crippen LogP contribution < -0.4 is 4.90 Å². The lowest BCUT2D eigenvalue weighted by Gasteiger charge is -2.29. The van der Waals surface area contributed by atoms with E-state index in [0.29, 0.717) is 10.6 Å². The molecule has 168 valence electrons. The Morgan fingerprint density at radius 2 is 1.94 bits per heavy atom. The molecule has 0 unspecified atom stereocenters. The number of hydrogen-bond acceptors (Lipinski definition) is 4. The molecular formula is C21H17F5N4OS. The Morgan fingerprint density at radius 1 is 1.28 bits per heavy atom. The van der Waals surface area contributed by atoms with Crippen LogP contribution in [0.25, 0.3) is 0 Å². The average molecular weight is 468 g/mol. The summed E-state index contributed by atoms with van der Waals surface area (Å²) in [5.41, 5.74) is -3.80. The van der Waals surface area contributed by atoms with E-state index in [1.54, 1.807) is 13.0 Å². The molecule has 5 nitrogen and oxygen atoms in total. The lowest BCUT2D eigenvalue weighted by Crippen LogP contribution is -2.43. The van der Waals surface area contributed by atoms with Gasteiger partial charge in [-0.2, -0.15) is 18.4 Å². The molecule has 0 N–H and O–H groups in total. The van der Waals surface area contributed by atoms with Crippen LogP contribution in [0.3, 0.4) is 0 Å². The molecule has 3 rings (SSSR count). The third-order valence-corrected chi connectivity index (χ3v) is 5.44. The molecule has 0 radical (unpaired) electrons. The van der Waals surface area contributed by atoms with Gasteiger partial charge in [-0.1, -0.05) is 6.07 Å².